The second kappa shape index (κ2) is 6.34. The Hall–Kier alpha value is -1.76. The summed E-state index contributed by atoms with van der Waals surface area (Å²) in [6.45, 7) is 1.41. The van der Waals surface area contributed by atoms with Crippen molar-refractivity contribution in [2.75, 3.05) is 7.05 Å². The molecule has 2 rings (SSSR count). The van der Waals surface area contributed by atoms with Gasteiger partial charge in [-0.25, -0.2) is 4.98 Å². The second-order valence-electron chi connectivity index (χ2n) is 4.74. The third kappa shape index (κ3) is 3.29. The largest absolute Gasteiger partial charge is 0.334 e. The molecule has 1 amide bonds. The van der Waals surface area contributed by atoms with E-state index in [-0.39, 0.29) is 18.3 Å². The second-order valence-corrected chi connectivity index (χ2v) is 5.99. The van der Waals surface area contributed by atoms with Gasteiger partial charge in [-0.15, -0.1) is 11.3 Å². The molecular weight excluding hydrogens is 296 g/mol. The Morgan fingerprint density at radius 2 is 2.24 bits per heavy atom. The molecule has 0 spiro atoms. The van der Waals surface area contributed by atoms with Crippen LogP contribution in [0.2, 0.25) is 0 Å². The first-order valence-electron chi connectivity index (χ1n) is 6.58. The number of halogens is 2. The van der Waals surface area contributed by atoms with Crippen molar-refractivity contribution in [2.45, 2.75) is 33.4 Å². The predicted octanol–water partition coefficient (Wildman–Crippen LogP) is 3.48. The van der Waals surface area contributed by atoms with Crippen LogP contribution in [0.3, 0.4) is 0 Å². The molecule has 0 N–H and O–H groups in total. The van der Waals surface area contributed by atoms with Gasteiger partial charge in [0.2, 0.25) is 0 Å². The lowest BCUT2D eigenvalue weighted by Gasteiger charge is -2.16. The van der Waals surface area contributed by atoms with Crippen LogP contribution >= 0.6 is 11.3 Å². The van der Waals surface area contributed by atoms with Crippen molar-refractivity contribution >= 4 is 17.2 Å². The molecule has 0 atom stereocenters. The molecular formula is C14H17F2N3OS. The van der Waals surface area contributed by atoms with Crippen LogP contribution in [0.15, 0.2) is 18.5 Å². The first-order valence-corrected chi connectivity index (χ1v) is 7.40. The lowest BCUT2D eigenvalue weighted by atomic mass is 10.2. The van der Waals surface area contributed by atoms with E-state index in [1.165, 1.54) is 28.6 Å². The van der Waals surface area contributed by atoms with Crippen molar-refractivity contribution < 1.29 is 13.6 Å². The van der Waals surface area contributed by atoms with Crippen LogP contribution in [-0.4, -0.2) is 27.4 Å². The molecule has 0 unspecified atom stereocenters. The number of hydrogen-bond acceptors (Lipinski definition) is 3. The minimum absolute atomic E-state index is 0.0502. The summed E-state index contributed by atoms with van der Waals surface area (Å²) >= 11 is 1.43. The fraction of sp³-hybridized carbons (Fsp3) is 0.429. The van der Waals surface area contributed by atoms with Gasteiger partial charge in [0.05, 0.1) is 11.4 Å². The average molecular weight is 313 g/mol. The number of rotatable bonds is 5. The minimum Gasteiger partial charge on any atom is -0.334 e. The zero-order valence-electron chi connectivity index (χ0n) is 12.1. The van der Waals surface area contributed by atoms with Crippen LogP contribution in [0.1, 0.15) is 39.4 Å². The normalized spacial score (nSPS) is 11.1. The molecule has 7 heteroatoms. The molecule has 0 saturated heterocycles. The van der Waals surface area contributed by atoms with Crippen molar-refractivity contribution in [3.8, 4) is 0 Å². The van der Waals surface area contributed by atoms with Crippen LogP contribution in [0.4, 0.5) is 8.78 Å². The van der Waals surface area contributed by atoms with Gasteiger partial charge in [-0.1, -0.05) is 6.92 Å². The quantitative estimate of drug-likeness (QED) is 0.847. The summed E-state index contributed by atoms with van der Waals surface area (Å²) in [6, 6.07) is 1.87. The first kappa shape index (κ1) is 15.6. The maximum Gasteiger partial charge on any atom is 0.319 e. The Labute approximate surface area is 126 Å². The van der Waals surface area contributed by atoms with Crippen molar-refractivity contribution in [1.29, 1.82) is 0 Å². The van der Waals surface area contributed by atoms with E-state index in [4.69, 9.17) is 0 Å². The highest BCUT2D eigenvalue weighted by molar-refractivity contribution is 7.14. The molecule has 114 valence electrons. The van der Waals surface area contributed by atoms with Gasteiger partial charge >= 0.3 is 6.55 Å². The van der Waals surface area contributed by atoms with Gasteiger partial charge in [-0.2, -0.15) is 8.78 Å². The van der Waals surface area contributed by atoms with E-state index in [1.807, 2.05) is 19.9 Å². The molecule has 0 aliphatic rings. The lowest BCUT2D eigenvalue weighted by Crippen LogP contribution is -2.27. The van der Waals surface area contributed by atoms with Gasteiger partial charge in [0.25, 0.3) is 5.91 Å². The number of thiophene rings is 1. The van der Waals surface area contributed by atoms with Crippen molar-refractivity contribution in [1.82, 2.24) is 14.5 Å². The summed E-state index contributed by atoms with van der Waals surface area (Å²) in [6.07, 6.45) is 3.39. The zero-order valence-corrected chi connectivity index (χ0v) is 13.0. The molecule has 0 aliphatic heterocycles. The summed E-state index contributed by atoms with van der Waals surface area (Å²) in [5.74, 6) is -0.00328. The molecule has 21 heavy (non-hydrogen) atoms. The average Bonchev–Trinajstić information content (AvgIpc) is 3.04. The number of hydrogen-bond donors (Lipinski definition) is 0. The van der Waals surface area contributed by atoms with Gasteiger partial charge in [0.15, 0.2) is 0 Å². The molecule has 0 bridgehead atoms. The third-order valence-corrected chi connectivity index (χ3v) is 4.38. The van der Waals surface area contributed by atoms with E-state index in [0.717, 1.165) is 21.4 Å². The van der Waals surface area contributed by atoms with E-state index in [2.05, 4.69) is 4.98 Å². The van der Waals surface area contributed by atoms with Crippen LogP contribution in [0, 0.1) is 6.92 Å². The molecule has 0 fully saturated rings. The van der Waals surface area contributed by atoms with E-state index in [0.29, 0.717) is 4.88 Å². The summed E-state index contributed by atoms with van der Waals surface area (Å²) in [5.41, 5.74) is 1.14. The monoisotopic (exact) mass is 313 g/mol. The Morgan fingerprint density at radius 1 is 1.52 bits per heavy atom. The molecule has 0 aromatic carbocycles. The van der Waals surface area contributed by atoms with Gasteiger partial charge in [0.1, 0.15) is 5.82 Å². The van der Waals surface area contributed by atoms with Gasteiger partial charge in [-0.05, 0) is 25.0 Å². The molecule has 0 aliphatic carbocycles. The van der Waals surface area contributed by atoms with Gasteiger partial charge in [0, 0.05) is 24.3 Å². The number of amides is 1. The Balaban J connectivity index is 2.13. The Bertz CT molecular complexity index is 636. The summed E-state index contributed by atoms with van der Waals surface area (Å²) in [4.78, 5) is 19.4. The topological polar surface area (TPSA) is 38.1 Å². The maximum atomic E-state index is 12.8. The number of aryl methyl sites for hydroxylation is 2. The van der Waals surface area contributed by atoms with Gasteiger partial charge in [-0.3, -0.25) is 9.36 Å². The standard InChI is InChI=1S/C14H17F2N3OS/c1-4-10-7-11(21-9(10)2)13(20)18(3)8-12-17-5-6-19(12)14(15)16/h5-7,14H,4,8H2,1-3H3. The SMILES string of the molecule is CCc1cc(C(=O)N(C)Cc2nccn2C(F)F)sc1C. The number of imidazole rings is 1. The third-order valence-electron chi connectivity index (χ3n) is 3.30. The summed E-state index contributed by atoms with van der Waals surface area (Å²) in [7, 11) is 1.59. The smallest absolute Gasteiger partial charge is 0.319 e. The highest BCUT2D eigenvalue weighted by Crippen LogP contribution is 2.23. The van der Waals surface area contributed by atoms with Crippen molar-refractivity contribution in [3.63, 3.8) is 0 Å². The van der Waals surface area contributed by atoms with Crippen LogP contribution in [0.5, 0.6) is 0 Å². The van der Waals surface area contributed by atoms with E-state index in [1.54, 1.807) is 7.05 Å². The molecule has 2 aromatic heterocycles. The number of aromatic nitrogens is 2. The van der Waals surface area contributed by atoms with Crippen molar-refractivity contribution in [3.05, 3.63) is 39.6 Å². The van der Waals surface area contributed by atoms with E-state index < -0.39 is 6.55 Å². The number of nitrogens with zero attached hydrogens (tertiary/aromatic N) is 3. The fourth-order valence-corrected chi connectivity index (χ4v) is 3.20. The van der Waals surface area contributed by atoms with Gasteiger partial charge < -0.3 is 4.90 Å². The van der Waals surface area contributed by atoms with Crippen LogP contribution < -0.4 is 0 Å². The molecule has 2 heterocycles. The molecule has 2 aromatic rings. The highest BCUT2D eigenvalue weighted by atomic mass is 32.1. The number of alkyl halides is 2. The molecule has 0 radical (unpaired) electrons. The maximum absolute atomic E-state index is 12.8. The summed E-state index contributed by atoms with van der Waals surface area (Å²) < 4.78 is 26.3. The molecule has 0 saturated carbocycles. The first-order chi connectivity index (χ1) is 9.93. The van der Waals surface area contributed by atoms with E-state index in [9.17, 15) is 13.6 Å². The Morgan fingerprint density at radius 3 is 2.81 bits per heavy atom. The van der Waals surface area contributed by atoms with E-state index >= 15 is 0 Å². The van der Waals surface area contributed by atoms with Crippen LogP contribution in [-0.2, 0) is 13.0 Å². The highest BCUT2D eigenvalue weighted by Gasteiger charge is 2.19. The van der Waals surface area contributed by atoms with Crippen molar-refractivity contribution in [2.24, 2.45) is 0 Å². The predicted molar refractivity (Wildman–Crippen MR) is 77.7 cm³/mol. The number of carbonyl (C=O) groups is 1. The number of carbonyl (C=O) groups excluding carboxylic acids is 1. The Kier molecular flexibility index (Phi) is 4.72. The molecule has 4 nitrogen and oxygen atoms in total. The fourth-order valence-electron chi connectivity index (χ4n) is 2.09. The zero-order chi connectivity index (χ0) is 15.6. The summed E-state index contributed by atoms with van der Waals surface area (Å²) in [5, 5.41) is 0. The van der Waals surface area contributed by atoms with Crippen LogP contribution in [0.25, 0.3) is 0 Å². The minimum atomic E-state index is -2.65. The lowest BCUT2D eigenvalue weighted by molar-refractivity contribution is 0.0613.